The van der Waals surface area contributed by atoms with E-state index in [4.69, 9.17) is 9.47 Å². The van der Waals surface area contributed by atoms with Gasteiger partial charge in [0.2, 0.25) is 0 Å². The largest absolute Gasteiger partial charge is 0.355 e. The summed E-state index contributed by atoms with van der Waals surface area (Å²) in [6.45, 7) is 16.2. The van der Waals surface area contributed by atoms with E-state index in [1.165, 1.54) is 44.1 Å². The fourth-order valence-corrected chi connectivity index (χ4v) is 5.83. The van der Waals surface area contributed by atoms with Gasteiger partial charge in [0.15, 0.2) is 0 Å². The molecule has 1 aromatic carbocycles. The highest BCUT2D eigenvalue weighted by molar-refractivity contribution is 9.09. The van der Waals surface area contributed by atoms with Gasteiger partial charge in [0.05, 0.1) is 6.61 Å². The maximum absolute atomic E-state index is 5.65. The van der Waals surface area contributed by atoms with E-state index in [0.29, 0.717) is 18.2 Å². The Morgan fingerprint density at radius 2 is 1.19 bits per heavy atom. The molecule has 31 heavy (non-hydrogen) atoms. The maximum atomic E-state index is 5.65. The van der Waals surface area contributed by atoms with Crippen molar-refractivity contribution < 1.29 is 9.47 Å². The molecule has 0 aromatic heterocycles. The molecule has 0 fully saturated rings. The van der Waals surface area contributed by atoms with Crippen LogP contribution in [0, 0.1) is 29.6 Å². The molecular formula is C28H49BrO2. The van der Waals surface area contributed by atoms with Gasteiger partial charge < -0.3 is 9.47 Å². The third-order valence-corrected chi connectivity index (χ3v) is 6.58. The van der Waals surface area contributed by atoms with Crippen molar-refractivity contribution in [1.29, 1.82) is 0 Å². The number of ether oxygens (including phenoxy) is 2. The monoisotopic (exact) mass is 496 g/mol. The smallest absolute Gasteiger partial charge is 0.147 e. The van der Waals surface area contributed by atoms with Crippen molar-refractivity contribution in [3.05, 3.63) is 35.9 Å². The standard InChI is InChI=1S/C28H49BrO2/c1-22(11-10-14-30-21-31-20-28-12-8-7-9-13-28)15-23(2)16-24(3)17-25(4)18-26(5)19-27(6)29/h7-9,12-13,22-27H,10-11,14-21H2,1-6H3. The van der Waals surface area contributed by atoms with E-state index >= 15 is 0 Å². The first-order chi connectivity index (χ1) is 14.8. The van der Waals surface area contributed by atoms with E-state index in [1.54, 1.807) is 0 Å². The van der Waals surface area contributed by atoms with Crippen LogP contribution in [0.1, 0.15) is 92.1 Å². The average Bonchev–Trinajstić information content (AvgIpc) is 2.66. The quantitative estimate of drug-likeness (QED) is 0.115. The second-order valence-corrected chi connectivity index (χ2v) is 12.1. The zero-order valence-corrected chi connectivity index (χ0v) is 22.7. The molecule has 0 aliphatic carbocycles. The molecule has 0 spiro atoms. The lowest BCUT2D eigenvalue weighted by atomic mass is 9.82. The fourth-order valence-electron chi connectivity index (χ4n) is 5.19. The van der Waals surface area contributed by atoms with E-state index in [9.17, 15) is 0 Å². The predicted molar refractivity (Wildman–Crippen MR) is 139 cm³/mol. The molecular weight excluding hydrogens is 448 g/mol. The highest BCUT2D eigenvalue weighted by Gasteiger charge is 2.17. The van der Waals surface area contributed by atoms with Gasteiger partial charge in [-0.25, -0.2) is 0 Å². The molecule has 0 bridgehead atoms. The Morgan fingerprint density at radius 1 is 0.677 bits per heavy atom. The number of halogens is 1. The van der Waals surface area contributed by atoms with Crippen molar-refractivity contribution in [3.8, 4) is 0 Å². The summed E-state index contributed by atoms with van der Waals surface area (Å²) in [5.41, 5.74) is 1.19. The number of hydrogen-bond acceptors (Lipinski definition) is 2. The van der Waals surface area contributed by atoms with Crippen LogP contribution in [0.4, 0.5) is 0 Å². The zero-order valence-electron chi connectivity index (χ0n) is 21.1. The van der Waals surface area contributed by atoms with Crippen LogP contribution in [0.25, 0.3) is 0 Å². The summed E-state index contributed by atoms with van der Waals surface area (Å²) >= 11 is 3.70. The van der Waals surface area contributed by atoms with Crippen LogP contribution in [0.3, 0.4) is 0 Å². The number of benzene rings is 1. The van der Waals surface area contributed by atoms with Crippen LogP contribution in [0.5, 0.6) is 0 Å². The number of alkyl halides is 1. The van der Waals surface area contributed by atoms with Crippen LogP contribution in [0.15, 0.2) is 30.3 Å². The van der Waals surface area contributed by atoms with Crippen LogP contribution in [0.2, 0.25) is 0 Å². The van der Waals surface area contributed by atoms with Crippen LogP contribution < -0.4 is 0 Å². The van der Waals surface area contributed by atoms with Gasteiger partial charge in [-0.3, -0.25) is 0 Å². The summed E-state index contributed by atoms with van der Waals surface area (Å²) in [6.07, 6.45) is 9.09. The topological polar surface area (TPSA) is 18.5 Å². The van der Waals surface area contributed by atoms with E-state index in [2.05, 4.69) is 69.6 Å². The molecule has 1 rings (SSSR count). The SMILES string of the molecule is CC(Br)CC(C)CC(C)CC(C)CC(C)CC(C)CCCOCOCc1ccccc1. The molecule has 6 atom stereocenters. The summed E-state index contributed by atoms with van der Waals surface area (Å²) in [7, 11) is 0. The van der Waals surface area contributed by atoms with E-state index < -0.39 is 0 Å². The van der Waals surface area contributed by atoms with Crippen molar-refractivity contribution in [2.45, 2.75) is 97.9 Å². The Labute approximate surface area is 202 Å². The van der Waals surface area contributed by atoms with Gasteiger partial charge in [0.25, 0.3) is 0 Å². The summed E-state index contributed by atoms with van der Waals surface area (Å²) in [5.74, 6) is 4.07. The van der Waals surface area contributed by atoms with Gasteiger partial charge in [-0.2, -0.15) is 0 Å². The first-order valence-corrected chi connectivity index (χ1v) is 13.5. The van der Waals surface area contributed by atoms with Gasteiger partial charge in [0, 0.05) is 11.4 Å². The second-order valence-electron chi connectivity index (χ2n) is 10.5. The lowest BCUT2D eigenvalue weighted by molar-refractivity contribution is -0.0628. The maximum Gasteiger partial charge on any atom is 0.147 e. The Kier molecular flexibility index (Phi) is 15.8. The molecule has 1 aromatic rings. The minimum Gasteiger partial charge on any atom is -0.355 e. The molecule has 0 aliphatic rings. The lowest BCUT2D eigenvalue weighted by Crippen LogP contribution is -2.13. The Balaban J connectivity index is 2.05. The molecule has 0 radical (unpaired) electrons. The zero-order chi connectivity index (χ0) is 23.1. The van der Waals surface area contributed by atoms with Crippen molar-refractivity contribution in [3.63, 3.8) is 0 Å². The van der Waals surface area contributed by atoms with Gasteiger partial charge >= 0.3 is 0 Å². The molecule has 6 unspecified atom stereocenters. The van der Waals surface area contributed by atoms with Crippen LogP contribution in [-0.4, -0.2) is 18.2 Å². The molecule has 0 saturated heterocycles. The Hall–Kier alpha value is -0.380. The molecule has 0 aliphatic heterocycles. The summed E-state index contributed by atoms with van der Waals surface area (Å²) < 4.78 is 11.2. The third kappa shape index (κ3) is 16.0. The first kappa shape index (κ1) is 28.7. The molecule has 0 amide bonds. The van der Waals surface area contributed by atoms with Crippen LogP contribution in [-0.2, 0) is 16.1 Å². The summed E-state index contributed by atoms with van der Waals surface area (Å²) in [4.78, 5) is 0.640. The minimum absolute atomic E-state index is 0.391. The highest BCUT2D eigenvalue weighted by Crippen LogP contribution is 2.29. The Morgan fingerprint density at radius 3 is 1.74 bits per heavy atom. The van der Waals surface area contributed by atoms with E-state index in [-0.39, 0.29) is 0 Å². The van der Waals surface area contributed by atoms with Crippen molar-refractivity contribution in [2.24, 2.45) is 29.6 Å². The normalized spacial score (nSPS) is 17.6. The molecule has 3 heteroatoms. The lowest BCUT2D eigenvalue weighted by Gasteiger charge is -2.24. The minimum atomic E-state index is 0.391. The van der Waals surface area contributed by atoms with Crippen molar-refractivity contribution in [2.75, 3.05) is 13.4 Å². The van der Waals surface area contributed by atoms with Crippen molar-refractivity contribution in [1.82, 2.24) is 0 Å². The molecule has 180 valence electrons. The van der Waals surface area contributed by atoms with Gasteiger partial charge in [-0.15, -0.1) is 0 Å². The van der Waals surface area contributed by atoms with Crippen LogP contribution >= 0.6 is 15.9 Å². The third-order valence-electron chi connectivity index (χ3n) is 6.21. The van der Waals surface area contributed by atoms with Gasteiger partial charge in [0.1, 0.15) is 6.79 Å². The van der Waals surface area contributed by atoms with Gasteiger partial charge in [-0.05, 0) is 80.1 Å². The number of rotatable bonds is 18. The second kappa shape index (κ2) is 17.1. The van der Waals surface area contributed by atoms with Crippen molar-refractivity contribution >= 4 is 15.9 Å². The summed E-state index contributed by atoms with van der Waals surface area (Å²) in [6, 6.07) is 10.3. The molecule has 0 N–H and O–H groups in total. The molecule has 2 nitrogen and oxygen atoms in total. The van der Waals surface area contributed by atoms with E-state index in [1.807, 2.05) is 18.2 Å². The Bertz CT molecular complexity index is 533. The summed E-state index contributed by atoms with van der Waals surface area (Å²) in [5, 5.41) is 0. The molecule has 0 heterocycles. The predicted octanol–water partition coefficient (Wildman–Crippen LogP) is 8.87. The van der Waals surface area contributed by atoms with Gasteiger partial charge in [-0.1, -0.05) is 87.8 Å². The first-order valence-electron chi connectivity index (χ1n) is 12.6. The highest BCUT2D eigenvalue weighted by atomic mass is 79.9. The average molecular weight is 498 g/mol. The molecule has 0 saturated carbocycles. The van der Waals surface area contributed by atoms with E-state index in [0.717, 1.165) is 42.6 Å². The fraction of sp³-hybridized carbons (Fsp3) is 0.786. The number of hydrogen-bond donors (Lipinski definition) is 0.